The van der Waals surface area contributed by atoms with Gasteiger partial charge in [-0.2, -0.15) is 0 Å². The van der Waals surface area contributed by atoms with Crippen molar-refractivity contribution in [3.05, 3.63) is 0 Å². The van der Waals surface area contributed by atoms with Gasteiger partial charge in [-0.1, -0.05) is 13.8 Å². The molecule has 0 saturated carbocycles. The second kappa shape index (κ2) is 5.99. The van der Waals surface area contributed by atoms with E-state index >= 15 is 0 Å². The van der Waals surface area contributed by atoms with Crippen molar-refractivity contribution in [1.82, 2.24) is 4.90 Å². The number of hydrogen-bond acceptors (Lipinski definition) is 3. The summed E-state index contributed by atoms with van der Waals surface area (Å²) in [6.07, 6.45) is 3.08. The summed E-state index contributed by atoms with van der Waals surface area (Å²) < 4.78 is 0. The van der Waals surface area contributed by atoms with Crippen molar-refractivity contribution in [2.45, 2.75) is 45.6 Å². The van der Waals surface area contributed by atoms with Crippen LogP contribution < -0.4 is 5.73 Å². The van der Waals surface area contributed by atoms with Gasteiger partial charge in [-0.15, -0.1) is 0 Å². The molecular formula is C12H22N2O2. The summed E-state index contributed by atoms with van der Waals surface area (Å²) >= 11 is 0. The molecule has 1 unspecified atom stereocenters. The van der Waals surface area contributed by atoms with Crippen molar-refractivity contribution in [2.75, 3.05) is 13.1 Å². The van der Waals surface area contributed by atoms with Gasteiger partial charge in [0, 0.05) is 25.4 Å². The fraction of sp³-hybridized carbons (Fsp3) is 0.833. The highest BCUT2D eigenvalue weighted by Crippen LogP contribution is 2.11. The molecule has 0 radical (unpaired) electrons. The van der Waals surface area contributed by atoms with Crippen LogP contribution in [0.25, 0.3) is 0 Å². The van der Waals surface area contributed by atoms with Crippen molar-refractivity contribution in [2.24, 2.45) is 11.7 Å². The zero-order chi connectivity index (χ0) is 12.1. The summed E-state index contributed by atoms with van der Waals surface area (Å²) in [4.78, 5) is 25.1. The predicted molar refractivity (Wildman–Crippen MR) is 62.9 cm³/mol. The highest BCUT2D eigenvalue weighted by molar-refractivity contribution is 5.86. The lowest BCUT2D eigenvalue weighted by molar-refractivity contribution is -0.130. The summed E-state index contributed by atoms with van der Waals surface area (Å²) in [7, 11) is 0. The van der Waals surface area contributed by atoms with Gasteiger partial charge in [0.2, 0.25) is 5.91 Å². The van der Waals surface area contributed by atoms with E-state index in [2.05, 4.69) is 0 Å². The van der Waals surface area contributed by atoms with Crippen molar-refractivity contribution in [1.29, 1.82) is 0 Å². The zero-order valence-corrected chi connectivity index (χ0v) is 10.2. The lowest BCUT2D eigenvalue weighted by Gasteiger charge is -2.17. The zero-order valence-electron chi connectivity index (χ0n) is 10.2. The van der Waals surface area contributed by atoms with Gasteiger partial charge in [0.25, 0.3) is 0 Å². The Hall–Kier alpha value is -0.900. The minimum absolute atomic E-state index is 0.0445. The minimum Gasteiger partial charge on any atom is -0.343 e. The first-order valence-corrected chi connectivity index (χ1v) is 6.09. The molecule has 1 amide bonds. The molecular weight excluding hydrogens is 204 g/mol. The third-order valence-corrected chi connectivity index (χ3v) is 3.06. The average Bonchev–Trinajstić information content (AvgIpc) is 2.77. The number of likely N-dealkylation sites (tertiary alicyclic amines) is 1. The van der Waals surface area contributed by atoms with E-state index in [1.807, 2.05) is 18.7 Å². The summed E-state index contributed by atoms with van der Waals surface area (Å²) in [5.74, 6) is 0.149. The molecule has 1 fully saturated rings. The van der Waals surface area contributed by atoms with Crippen LogP contribution in [-0.2, 0) is 9.59 Å². The van der Waals surface area contributed by atoms with Crippen LogP contribution in [0.15, 0.2) is 0 Å². The van der Waals surface area contributed by atoms with Crippen molar-refractivity contribution in [3.63, 3.8) is 0 Å². The molecule has 16 heavy (non-hydrogen) atoms. The third-order valence-electron chi connectivity index (χ3n) is 3.06. The first-order chi connectivity index (χ1) is 7.52. The van der Waals surface area contributed by atoms with E-state index in [0.717, 1.165) is 25.9 Å². The Morgan fingerprint density at radius 1 is 1.25 bits per heavy atom. The lowest BCUT2D eigenvalue weighted by Crippen LogP contribution is -2.36. The fourth-order valence-corrected chi connectivity index (χ4v) is 1.97. The van der Waals surface area contributed by atoms with Gasteiger partial charge >= 0.3 is 0 Å². The number of Topliss-reactive ketones (excluding diaryl/α,β-unsaturated/α-hetero) is 1. The molecule has 4 heteroatoms. The average molecular weight is 226 g/mol. The standard InChI is InChI=1S/C12H22N2O2/c1-9(2)12(16)10(13)5-6-11(15)14-7-3-4-8-14/h9-10H,3-8,13H2,1-2H3. The summed E-state index contributed by atoms with van der Waals surface area (Å²) in [5, 5.41) is 0. The Morgan fingerprint density at radius 3 is 2.31 bits per heavy atom. The van der Waals surface area contributed by atoms with E-state index < -0.39 is 6.04 Å². The number of nitrogens with two attached hydrogens (primary N) is 1. The molecule has 0 aromatic heterocycles. The molecule has 0 aliphatic carbocycles. The number of rotatable bonds is 5. The molecule has 1 atom stereocenters. The van der Waals surface area contributed by atoms with Gasteiger partial charge in [0.15, 0.2) is 5.78 Å². The predicted octanol–water partition coefficient (Wildman–Crippen LogP) is 0.941. The molecule has 0 bridgehead atoms. The van der Waals surface area contributed by atoms with Gasteiger partial charge in [0.05, 0.1) is 6.04 Å². The Kier molecular flexibility index (Phi) is 4.93. The van der Waals surface area contributed by atoms with Crippen LogP contribution in [0.1, 0.15) is 39.5 Å². The summed E-state index contributed by atoms with van der Waals surface area (Å²) in [6.45, 7) is 5.41. The first kappa shape index (κ1) is 13.2. The molecule has 1 aliphatic heterocycles. The van der Waals surface area contributed by atoms with E-state index in [0.29, 0.717) is 12.8 Å². The Bertz CT molecular complexity index is 258. The van der Waals surface area contributed by atoms with Gasteiger partial charge in [-0.25, -0.2) is 0 Å². The van der Waals surface area contributed by atoms with Crippen LogP contribution in [0.5, 0.6) is 0 Å². The maximum atomic E-state index is 11.7. The van der Waals surface area contributed by atoms with Crippen LogP contribution in [0.3, 0.4) is 0 Å². The van der Waals surface area contributed by atoms with E-state index in [-0.39, 0.29) is 17.6 Å². The number of carbonyl (C=O) groups excluding carboxylic acids is 2. The van der Waals surface area contributed by atoms with Gasteiger partial charge in [-0.05, 0) is 19.3 Å². The number of amides is 1. The topological polar surface area (TPSA) is 63.4 Å². The van der Waals surface area contributed by atoms with E-state index in [1.54, 1.807) is 0 Å². The monoisotopic (exact) mass is 226 g/mol. The van der Waals surface area contributed by atoms with E-state index in [1.165, 1.54) is 0 Å². The number of ketones is 1. The summed E-state index contributed by atoms with van der Waals surface area (Å²) in [6, 6.07) is -0.480. The molecule has 0 aromatic rings. The first-order valence-electron chi connectivity index (χ1n) is 6.09. The van der Waals surface area contributed by atoms with E-state index in [4.69, 9.17) is 5.73 Å². The normalized spacial score (nSPS) is 17.9. The fourth-order valence-electron chi connectivity index (χ4n) is 1.97. The highest BCUT2D eigenvalue weighted by atomic mass is 16.2. The van der Waals surface area contributed by atoms with Gasteiger partial charge in [0.1, 0.15) is 0 Å². The van der Waals surface area contributed by atoms with Gasteiger partial charge < -0.3 is 10.6 Å². The number of hydrogen-bond donors (Lipinski definition) is 1. The Labute approximate surface area is 97.2 Å². The lowest BCUT2D eigenvalue weighted by atomic mass is 9.98. The Balaban J connectivity index is 2.28. The third kappa shape index (κ3) is 3.59. The maximum Gasteiger partial charge on any atom is 0.222 e. The van der Waals surface area contributed by atoms with E-state index in [9.17, 15) is 9.59 Å². The second-order valence-corrected chi connectivity index (χ2v) is 4.79. The van der Waals surface area contributed by atoms with Crippen molar-refractivity contribution in [3.8, 4) is 0 Å². The molecule has 2 N–H and O–H groups in total. The molecule has 0 aromatic carbocycles. The largest absolute Gasteiger partial charge is 0.343 e. The maximum absolute atomic E-state index is 11.7. The second-order valence-electron chi connectivity index (χ2n) is 4.79. The van der Waals surface area contributed by atoms with Crippen molar-refractivity contribution < 1.29 is 9.59 Å². The van der Waals surface area contributed by atoms with Gasteiger partial charge in [-0.3, -0.25) is 9.59 Å². The summed E-state index contributed by atoms with van der Waals surface area (Å²) in [5.41, 5.74) is 5.74. The molecule has 92 valence electrons. The van der Waals surface area contributed by atoms with Crippen LogP contribution in [0, 0.1) is 5.92 Å². The van der Waals surface area contributed by atoms with Crippen molar-refractivity contribution >= 4 is 11.7 Å². The van der Waals surface area contributed by atoms with Crippen LogP contribution >= 0.6 is 0 Å². The molecule has 1 heterocycles. The smallest absolute Gasteiger partial charge is 0.222 e. The quantitative estimate of drug-likeness (QED) is 0.759. The Morgan fingerprint density at radius 2 is 1.81 bits per heavy atom. The molecule has 0 spiro atoms. The number of nitrogens with zero attached hydrogens (tertiary/aromatic N) is 1. The molecule has 1 aliphatic rings. The van der Waals surface area contributed by atoms with Crippen LogP contribution in [0.2, 0.25) is 0 Å². The highest BCUT2D eigenvalue weighted by Gasteiger charge is 2.21. The van der Waals surface area contributed by atoms with Crippen LogP contribution in [0.4, 0.5) is 0 Å². The molecule has 1 saturated heterocycles. The minimum atomic E-state index is -0.480. The molecule has 4 nitrogen and oxygen atoms in total. The number of carbonyl (C=O) groups is 2. The molecule has 1 rings (SSSR count). The SMILES string of the molecule is CC(C)C(=O)C(N)CCC(=O)N1CCCC1. The van der Waals surface area contributed by atoms with Crippen LogP contribution in [-0.4, -0.2) is 35.7 Å².